The molecule has 3 nitrogen and oxygen atoms in total. The van der Waals surface area contributed by atoms with Gasteiger partial charge in [0.05, 0.1) is 15.9 Å². The first kappa shape index (κ1) is 16.2. The average molecular weight is 350 g/mol. The highest BCUT2D eigenvalue weighted by molar-refractivity contribution is 9.10. The summed E-state index contributed by atoms with van der Waals surface area (Å²) in [5, 5.41) is 8.03. The minimum absolute atomic E-state index is 0.293. The Morgan fingerprint density at radius 2 is 1.81 bits per heavy atom. The molecule has 1 aromatic carbocycles. The molecule has 0 bridgehead atoms. The molecule has 0 aliphatic carbocycles. The highest BCUT2D eigenvalue weighted by Gasteiger charge is 2.18. The fourth-order valence-electron chi connectivity index (χ4n) is 2.86. The van der Waals surface area contributed by atoms with Crippen LogP contribution < -0.4 is 5.32 Å². The van der Waals surface area contributed by atoms with E-state index in [1.54, 1.807) is 0 Å². The number of aromatic nitrogens is 2. The highest BCUT2D eigenvalue weighted by atomic mass is 79.9. The Bertz CT molecular complexity index is 611. The summed E-state index contributed by atoms with van der Waals surface area (Å²) in [6.07, 6.45) is 0.925. The van der Waals surface area contributed by atoms with Gasteiger partial charge in [-0.25, -0.2) is 0 Å². The van der Waals surface area contributed by atoms with Crippen molar-refractivity contribution in [1.82, 2.24) is 15.1 Å². The van der Waals surface area contributed by atoms with Crippen molar-refractivity contribution in [3.8, 4) is 0 Å². The molecule has 0 amide bonds. The third-order valence-corrected chi connectivity index (χ3v) is 4.88. The molecule has 0 spiro atoms. The van der Waals surface area contributed by atoms with Gasteiger partial charge in [-0.15, -0.1) is 0 Å². The molecule has 0 aliphatic heterocycles. The zero-order chi connectivity index (χ0) is 15.6. The van der Waals surface area contributed by atoms with Crippen LogP contribution in [0.5, 0.6) is 0 Å². The molecule has 0 saturated heterocycles. The molecule has 1 heterocycles. The van der Waals surface area contributed by atoms with Crippen molar-refractivity contribution in [1.29, 1.82) is 0 Å². The van der Waals surface area contributed by atoms with Crippen molar-refractivity contribution < 1.29 is 0 Å². The molecular formula is C17H24BrN3. The van der Waals surface area contributed by atoms with E-state index in [0.717, 1.165) is 23.1 Å². The molecule has 4 heteroatoms. The van der Waals surface area contributed by atoms with Gasteiger partial charge in [0.2, 0.25) is 0 Å². The SMILES string of the molecule is CCn1nc(C)c(Br)c1CC(NC)c1cc(C)cc(C)c1. The molecule has 1 aromatic heterocycles. The normalized spacial score (nSPS) is 12.7. The van der Waals surface area contributed by atoms with Gasteiger partial charge in [0.15, 0.2) is 0 Å². The first-order valence-electron chi connectivity index (χ1n) is 7.43. The maximum atomic E-state index is 4.59. The summed E-state index contributed by atoms with van der Waals surface area (Å²) in [5.74, 6) is 0. The number of nitrogens with zero attached hydrogens (tertiary/aromatic N) is 2. The zero-order valence-electron chi connectivity index (χ0n) is 13.5. The molecule has 1 N–H and O–H groups in total. The summed E-state index contributed by atoms with van der Waals surface area (Å²) in [4.78, 5) is 0. The fraction of sp³-hybridized carbons (Fsp3) is 0.471. The van der Waals surface area contributed by atoms with Gasteiger partial charge in [0.1, 0.15) is 0 Å². The number of nitrogens with one attached hydrogen (secondary N) is 1. The Balaban J connectivity index is 2.35. The van der Waals surface area contributed by atoms with E-state index in [9.17, 15) is 0 Å². The Labute approximate surface area is 135 Å². The van der Waals surface area contributed by atoms with Gasteiger partial charge in [-0.05, 0) is 56.2 Å². The van der Waals surface area contributed by atoms with Crippen LogP contribution in [0.1, 0.15) is 41.0 Å². The van der Waals surface area contributed by atoms with Crippen LogP contribution in [0.3, 0.4) is 0 Å². The number of rotatable bonds is 5. The Morgan fingerprint density at radius 1 is 1.19 bits per heavy atom. The lowest BCUT2D eigenvalue weighted by Gasteiger charge is -2.19. The van der Waals surface area contributed by atoms with Crippen molar-refractivity contribution in [2.24, 2.45) is 0 Å². The number of hydrogen-bond acceptors (Lipinski definition) is 2. The first-order valence-corrected chi connectivity index (χ1v) is 8.22. The molecule has 1 atom stereocenters. The van der Waals surface area contributed by atoms with E-state index in [1.165, 1.54) is 22.4 Å². The summed E-state index contributed by atoms with van der Waals surface area (Å²) >= 11 is 3.69. The molecular weight excluding hydrogens is 326 g/mol. The van der Waals surface area contributed by atoms with Crippen molar-refractivity contribution in [2.45, 2.75) is 46.7 Å². The van der Waals surface area contributed by atoms with Crippen LogP contribution in [-0.4, -0.2) is 16.8 Å². The zero-order valence-corrected chi connectivity index (χ0v) is 15.1. The van der Waals surface area contributed by atoms with Gasteiger partial charge >= 0.3 is 0 Å². The number of likely N-dealkylation sites (N-methyl/N-ethyl adjacent to an activating group) is 1. The van der Waals surface area contributed by atoms with Crippen LogP contribution in [0.2, 0.25) is 0 Å². The predicted molar refractivity (Wildman–Crippen MR) is 91.8 cm³/mol. The van der Waals surface area contributed by atoms with Gasteiger partial charge in [0, 0.05) is 19.0 Å². The van der Waals surface area contributed by atoms with Crippen molar-refractivity contribution in [2.75, 3.05) is 7.05 Å². The smallest absolute Gasteiger partial charge is 0.0738 e. The number of halogens is 1. The third kappa shape index (κ3) is 3.55. The standard InChI is InChI=1S/C17H24BrN3/c1-6-21-16(17(18)13(4)20-21)10-15(19-5)14-8-11(2)7-12(3)9-14/h7-9,15,19H,6,10H2,1-5H3. The van der Waals surface area contributed by atoms with Crippen molar-refractivity contribution in [3.05, 3.63) is 50.8 Å². The first-order chi connectivity index (χ1) is 9.96. The summed E-state index contributed by atoms with van der Waals surface area (Å²) < 4.78 is 3.22. The minimum Gasteiger partial charge on any atom is -0.313 e. The average Bonchev–Trinajstić information content (AvgIpc) is 2.70. The molecule has 2 rings (SSSR count). The lowest BCUT2D eigenvalue weighted by atomic mass is 9.98. The molecule has 1 unspecified atom stereocenters. The van der Waals surface area contributed by atoms with Gasteiger partial charge in [0.25, 0.3) is 0 Å². The Kier molecular flexibility index (Phi) is 5.22. The summed E-state index contributed by atoms with van der Waals surface area (Å²) in [7, 11) is 2.02. The molecule has 0 radical (unpaired) electrons. The largest absolute Gasteiger partial charge is 0.313 e. The lowest BCUT2D eigenvalue weighted by Crippen LogP contribution is -2.21. The van der Waals surface area contributed by atoms with E-state index < -0.39 is 0 Å². The summed E-state index contributed by atoms with van der Waals surface area (Å²) in [6.45, 7) is 9.38. The van der Waals surface area contributed by atoms with Crippen LogP contribution in [-0.2, 0) is 13.0 Å². The van der Waals surface area contributed by atoms with Crippen LogP contribution in [0.25, 0.3) is 0 Å². The topological polar surface area (TPSA) is 29.9 Å². The molecule has 0 saturated carbocycles. The third-order valence-electron chi connectivity index (χ3n) is 3.85. The second-order valence-corrected chi connectivity index (χ2v) is 6.42. The van der Waals surface area contributed by atoms with E-state index in [2.05, 4.69) is 70.0 Å². The quantitative estimate of drug-likeness (QED) is 0.880. The fourth-order valence-corrected chi connectivity index (χ4v) is 3.30. The lowest BCUT2D eigenvalue weighted by molar-refractivity contribution is 0.539. The maximum absolute atomic E-state index is 4.59. The van der Waals surface area contributed by atoms with E-state index in [4.69, 9.17) is 0 Å². The maximum Gasteiger partial charge on any atom is 0.0738 e. The Morgan fingerprint density at radius 3 is 2.33 bits per heavy atom. The van der Waals surface area contributed by atoms with Gasteiger partial charge in [-0.2, -0.15) is 5.10 Å². The number of benzene rings is 1. The van der Waals surface area contributed by atoms with E-state index >= 15 is 0 Å². The van der Waals surface area contributed by atoms with Crippen LogP contribution in [0.4, 0.5) is 0 Å². The molecule has 2 aromatic rings. The summed E-state index contributed by atoms with van der Waals surface area (Å²) in [6, 6.07) is 7.04. The summed E-state index contributed by atoms with van der Waals surface area (Å²) in [5.41, 5.74) is 6.27. The van der Waals surface area contributed by atoms with Crippen molar-refractivity contribution >= 4 is 15.9 Å². The number of hydrogen-bond donors (Lipinski definition) is 1. The van der Waals surface area contributed by atoms with Gasteiger partial charge in [-0.3, -0.25) is 4.68 Å². The minimum atomic E-state index is 0.293. The van der Waals surface area contributed by atoms with E-state index in [1.807, 2.05) is 14.0 Å². The van der Waals surface area contributed by atoms with E-state index in [0.29, 0.717) is 6.04 Å². The molecule has 114 valence electrons. The number of aryl methyl sites for hydroxylation is 4. The van der Waals surface area contributed by atoms with Crippen LogP contribution in [0.15, 0.2) is 22.7 Å². The monoisotopic (exact) mass is 349 g/mol. The molecule has 0 fully saturated rings. The Hall–Kier alpha value is -1.13. The van der Waals surface area contributed by atoms with E-state index in [-0.39, 0.29) is 0 Å². The second-order valence-electron chi connectivity index (χ2n) is 5.63. The molecule has 0 aliphatic rings. The van der Waals surface area contributed by atoms with Crippen LogP contribution >= 0.6 is 15.9 Å². The van der Waals surface area contributed by atoms with Gasteiger partial charge < -0.3 is 5.32 Å². The van der Waals surface area contributed by atoms with Crippen molar-refractivity contribution in [3.63, 3.8) is 0 Å². The molecule has 21 heavy (non-hydrogen) atoms. The highest BCUT2D eigenvalue weighted by Crippen LogP contribution is 2.27. The van der Waals surface area contributed by atoms with Gasteiger partial charge in [-0.1, -0.05) is 29.3 Å². The second kappa shape index (κ2) is 6.75. The predicted octanol–water partition coefficient (Wildman–Crippen LogP) is 4.09. The van der Waals surface area contributed by atoms with Crippen LogP contribution in [0, 0.1) is 20.8 Å².